The number of fused-ring (bicyclic) bond motifs is 1. The summed E-state index contributed by atoms with van der Waals surface area (Å²) >= 11 is 1.37. The Kier molecular flexibility index (Phi) is 6.36. The van der Waals surface area contributed by atoms with Crippen LogP contribution in [0, 0.1) is 0 Å². The molecule has 2 N–H and O–H groups in total. The van der Waals surface area contributed by atoms with Gasteiger partial charge >= 0.3 is 6.09 Å². The molecule has 170 valence electrons. The van der Waals surface area contributed by atoms with Gasteiger partial charge in [-0.3, -0.25) is 19.7 Å². The van der Waals surface area contributed by atoms with Gasteiger partial charge in [0.1, 0.15) is 17.7 Å². The van der Waals surface area contributed by atoms with Crippen molar-refractivity contribution in [3.8, 4) is 0 Å². The maximum atomic E-state index is 12.9. The minimum atomic E-state index is -0.659. The van der Waals surface area contributed by atoms with E-state index < -0.39 is 18.0 Å². The molecule has 3 heterocycles. The first-order chi connectivity index (χ1) is 15.9. The number of allylic oxidation sites excluding steroid dienone is 1. The van der Waals surface area contributed by atoms with E-state index in [-0.39, 0.29) is 31.4 Å². The van der Waals surface area contributed by atoms with Crippen molar-refractivity contribution in [3.63, 3.8) is 0 Å². The zero-order chi connectivity index (χ0) is 23.5. The average Bonchev–Trinajstić information content (AvgIpc) is 3.30. The molecule has 10 heteroatoms. The molecule has 9 nitrogen and oxygen atoms in total. The highest BCUT2D eigenvalue weighted by atomic mass is 32.1. The summed E-state index contributed by atoms with van der Waals surface area (Å²) in [6, 6.07) is 4.67. The van der Waals surface area contributed by atoms with E-state index in [9.17, 15) is 19.2 Å². The second-order valence-electron chi connectivity index (χ2n) is 7.64. The number of carbonyl (C=O) groups is 4. The van der Waals surface area contributed by atoms with E-state index in [0.29, 0.717) is 28.9 Å². The lowest BCUT2D eigenvalue weighted by molar-refractivity contribution is -0.136. The van der Waals surface area contributed by atoms with Gasteiger partial charge in [0.2, 0.25) is 11.8 Å². The molecule has 1 atom stereocenters. The van der Waals surface area contributed by atoms with Gasteiger partial charge in [0.25, 0.3) is 5.91 Å². The van der Waals surface area contributed by atoms with Gasteiger partial charge in [-0.1, -0.05) is 31.4 Å². The summed E-state index contributed by atoms with van der Waals surface area (Å²) in [5, 5.41) is 6.17. The van der Waals surface area contributed by atoms with E-state index in [4.69, 9.17) is 4.74 Å². The quantitative estimate of drug-likeness (QED) is 0.606. The molecule has 0 bridgehead atoms. The summed E-state index contributed by atoms with van der Waals surface area (Å²) in [4.78, 5) is 54.2. The molecule has 1 saturated heterocycles. The molecule has 0 saturated carbocycles. The number of piperidine rings is 1. The first-order valence-corrected chi connectivity index (χ1v) is 11.1. The second-order valence-corrected chi connectivity index (χ2v) is 8.76. The van der Waals surface area contributed by atoms with Gasteiger partial charge < -0.3 is 15.0 Å². The van der Waals surface area contributed by atoms with Crippen molar-refractivity contribution < 1.29 is 23.9 Å². The number of nitrogens with one attached hydrogen (secondary N) is 2. The van der Waals surface area contributed by atoms with Crippen LogP contribution in [0.1, 0.15) is 39.3 Å². The number of hydrogen-bond acceptors (Lipinski definition) is 7. The summed E-state index contributed by atoms with van der Waals surface area (Å²) in [5.74, 6) is -1.03. The van der Waals surface area contributed by atoms with Crippen LogP contribution in [-0.2, 0) is 34.0 Å². The molecule has 1 aromatic heterocycles. The number of amides is 4. The van der Waals surface area contributed by atoms with E-state index in [0.717, 1.165) is 15.7 Å². The van der Waals surface area contributed by atoms with Gasteiger partial charge in [-0.25, -0.2) is 9.78 Å². The third-order valence-electron chi connectivity index (χ3n) is 5.40. The van der Waals surface area contributed by atoms with Crippen molar-refractivity contribution in [2.75, 3.05) is 0 Å². The Morgan fingerprint density at radius 1 is 1.36 bits per heavy atom. The van der Waals surface area contributed by atoms with E-state index in [1.165, 1.54) is 16.2 Å². The Balaban J connectivity index is 1.33. The molecule has 4 amide bonds. The highest BCUT2D eigenvalue weighted by Gasteiger charge is 2.39. The number of rotatable bonds is 6. The van der Waals surface area contributed by atoms with Gasteiger partial charge in [-0.2, -0.15) is 0 Å². The lowest BCUT2D eigenvalue weighted by atomic mass is 10.0. The summed E-state index contributed by atoms with van der Waals surface area (Å²) in [6.07, 6.45) is 3.35. The third kappa shape index (κ3) is 4.85. The molecule has 1 aromatic carbocycles. The van der Waals surface area contributed by atoms with Crippen LogP contribution >= 0.6 is 11.3 Å². The van der Waals surface area contributed by atoms with Crippen molar-refractivity contribution in [1.82, 2.24) is 20.5 Å². The largest absolute Gasteiger partial charge is 0.442 e. The van der Waals surface area contributed by atoms with Crippen LogP contribution in [0.3, 0.4) is 0 Å². The van der Waals surface area contributed by atoms with Crippen molar-refractivity contribution in [3.05, 3.63) is 62.4 Å². The van der Waals surface area contributed by atoms with Crippen LogP contribution in [0.2, 0.25) is 0 Å². The Morgan fingerprint density at radius 2 is 2.18 bits per heavy atom. The number of thiazole rings is 1. The van der Waals surface area contributed by atoms with Gasteiger partial charge in [-0.05, 0) is 29.7 Å². The molecule has 0 spiro atoms. The molecule has 0 aliphatic carbocycles. The van der Waals surface area contributed by atoms with E-state index in [2.05, 4.69) is 28.8 Å². The highest BCUT2D eigenvalue weighted by Crippen LogP contribution is 2.28. The second kappa shape index (κ2) is 9.37. The lowest BCUT2D eigenvalue weighted by Gasteiger charge is -2.29. The first-order valence-electron chi connectivity index (χ1n) is 10.3. The molecule has 0 radical (unpaired) electrons. The summed E-state index contributed by atoms with van der Waals surface area (Å²) in [6.45, 7) is 7.98. The number of nitrogens with zero attached hydrogens (tertiary/aromatic N) is 2. The van der Waals surface area contributed by atoms with Crippen LogP contribution in [-0.4, -0.2) is 39.7 Å². The highest BCUT2D eigenvalue weighted by molar-refractivity contribution is 7.09. The minimum absolute atomic E-state index is 0.0214. The fourth-order valence-corrected chi connectivity index (χ4v) is 4.63. The summed E-state index contributed by atoms with van der Waals surface area (Å²) in [7, 11) is 0. The van der Waals surface area contributed by atoms with Crippen LogP contribution < -0.4 is 20.5 Å². The van der Waals surface area contributed by atoms with Crippen molar-refractivity contribution in [1.29, 1.82) is 0 Å². The maximum Gasteiger partial charge on any atom is 0.407 e. The average molecular weight is 467 g/mol. The Labute approximate surface area is 193 Å². The number of alkyl carbamates (subject to hydrolysis) is 1. The molecular formula is C23H22N4O5S. The maximum absolute atomic E-state index is 12.9. The van der Waals surface area contributed by atoms with Crippen LogP contribution in [0.4, 0.5) is 4.79 Å². The van der Waals surface area contributed by atoms with Crippen LogP contribution in [0.5, 0.6) is 0 Å². The Hall–Kier alpha value is -3.79. The summed E-state index contributed by atoms with van der Waals surface area (Å²) in [5.41, 5.74) is 2.02. The zero-order valence-corrected chi connectivity index (χ0v) is 18.6. The van der Waals surface area contributed by atoms with E-state index in [1.54, 1.807) is 18.2 Å². The van der Waals surface area contributed by atoms with Crippen molar-refractivity contribution in [2.24, 2.45) is 0 Å². The van der Waals surface area contributed by atoms with Gasteiger partial charge in [-0.15, -0.1) is 11.3 Å². The molecule has 4 rings (SSSR count). The fraction of sp³-hybridized carbons (Fsp3) is 0.261. The first kappa shape index (κ1) is 22.4. The minimum Gasteiger partial charge on any atom is -0.442 e. The molecule has 2 aromatic rings. The number of carbonyl (C=O) groups excluding carboxylic acids is 4. The third-order valence-corrected chi connectivity index (χ3v) is 6.43. The normalized spacial score (nSPS) is 18.2. The zero-order valence-electron chi connectivity index (χ0n) is 17.8. The van der Waals surface area contributed by atoms with Gasteiger partial charge in [0, 0.05) is 25.1 Å². The fourth-order valence-electron chi connectivity index (χ4n) is 3.78. The Bertz CT molecular complexity index is 1270. The number of benzene rings is 1. The van der Waals surface area contributed by atoms with E-state index in [1.807, 2.05) is 12.1 Å². The molecule has 1 fully saturated rings. The number of hydrogen-bond donors (Lipinski definition) is 2. The predicted molar refractivity (Wildman–Crippen MR) is 121 cm³/mol. The number of imide groups is 1. The molecule has 2 aliphatic heterocycles. The molecule has 33 heavy (non-hydrogen) atoms. The monoisotopic (exact) mass is 466 g/mol. The van der Waals surface area contributed by atoms with Crippen LogP contribution in [0.25, 0.3) is 12.7 Å². The predicted octanol–water partition coefficient (Wildman–Crippen LogP) is 0.707. The molecular weight excluding hydrogens is 444 g/mol. The van der Waals surface area contributed by atoms with E-state index >= 15 is 0 Å². The van der Waals surface area contributed by atoms with Crippen molar-refractivity contribution in [2.45, 2.75) is 38.6 Å². The Morgan fingerprint density at radius 3 is 2.94 bits per heavy atom. The lowest BCUT2D eigenvalue weighted by Crippen LogP contribution is -2.52. The number of aromatic nitrogens is 1. The van der Waals surface area contributed by atoms with Crippen molar-refractivity contribution >= 4 is 47.8 Å². The van der Waals surface area contributed by atoms with Gasteiger partial charge in [0.15, 0.2) is 0 Å². The molecule has 2 aliphatic rings. The topological polar surface area (TPSA) is 118 Å². The SMILES string of the molecule is C=C/C=c1/sc(COC(=O)NCc2ccc3c(c2)C(=O)N(C2CCC(=O)NC2=O)C3)nc1=C. The smallest absolute Gasteiger partial charge is 0.407 e. The molecule has 1 unspecified atom stereocenters. The van der Waals surface area contributed by atoms with Gasteiger partial charge in [0.05, 0.1) is 9.88 Å². The number of ether oxygens (including phenoxy) is 1. The summed E-state index contributed by atoms with van der Waals surface area (Å²) < 4.78 is 6.07. The van der Waals surface area contributed by atoms with Crippen LogP contribution in [0.15, 0.2) is 30.9 Å². The standard InChI is InChI=1S/C23H22N4O5S/c1-3-4-18-13(2)25-20(33-18)12-32-23(31)24-10-14-5-6-15-11-27(22(30)16(15)9-14)17-7-8-19(28)26-21(17)29/h3-6,9,17H,1-2,7-8,10-12H2,(H,24,31)(H,26,28,29)/b18-4+.